The normalized spacial score (nSPS) is 11.2. The highest BCUT2D eigenvalue weighted by Gasteiger charge is 2.12. The van der Waals surface area contributed by atoms with Gasteiger partial charge in [0.25, 0.3) is 5.91 Å². The zero-order valence-corrected chi connectivity index (χ0v) is 12.9. The van der Waals surface area contributed by atoms with Crippen LogP contribution in [0.5, 0.6) is 0 Å². The van der Waals surface area contributed by atoms with Gasteiger partial charge in [0, 0.05) is 15.6 Å². The van der Waals surface area contributed by atoms with E-state index in [4.69, 9.17) is 10.9 Å². The van der Waals surface area contributed by atoms with Crippen molar-refractivity contribution in [2.75, 3.05) is 5.32 Å². The number of carbonyl (C=O) groups excluding carboxylic acids is 1. The summed E-state index contributed by atoms with van der Waals surface area (Å²) in [5, 5.41) is 14.5. The Morgan fingerprint density at radius 2 is 1.90 bits per heavy atom. The van der Waals surface area contributed by atoms with E-state index in [0.717, 1.165) is 10.0 Å². The summed E-state index contributed by atoms with van der Waals surface area (Å²) in [5.74, 6) is -0.332. The zero-order valence-electron chi connectivity index (χ0n) is 11.3. The van der Waals surface area contributed by atoms with Crippen LogP contribution in [0, 0.1) is 6.92 Å². The molecule has 0 saturated carbocycles. The van der Waals surface area contributed by atoms with E-state index < -0.39 is 0 Å². The van der Waals surface area contributed by atoms with E-state index in [-0.39, 0.29) is 11.7 Å². The van der Waals surface area contributed by atoms with Crippen molar-refractivity contribution in [3.63, 3.8) is 0 Å². The van der Waals surface area contributed by atoms with Crippen LogP contribution in [-0.4, -0.2) is 17.0 Å². The van der Waals surface area contributed by atoms with E-state index in [1.807, 2.05) is 19.1 Å². The maximum absolute atomic E-state index is 12.2. The van der Waals surface area contributed by atoms with Gasteiger partial charge in [0.05, 0.1) is 5.69 Å². The minimum Gasteiger partial charge on any atom is -0.409 e. The van der Waals surface area contributed by atoms with Gasteiger partial charge in [-0.15, -0.1) is 0 Å². The van der Waals surface area contributed by atoms with Gasteiger partial charge in [-0.05, 0) is 37.3 Å². The molecule has 0 aliphatic carbocycles. The molecule has 108 valence electrons. The molecule has 4 N–H and O–H groups in total. The number of hydrogen-bond donors (Lipinski definition) is 3. The number of nitrogens with one attached hydrogen (secondary N) is 1. The van der Waals surface area contributed by atoms with Crippen LogP contribution in [0.15, 0.2) is 52.1 Å². The number of nitrogens with zero attached hydrogens (tertiary/aromatic N) is 1. The Morgan fingerprint density at radius 3 is 2.52 bits per heavy atom. The molecule has 0 atom stereocenters. The van der Waals surface area contributed by atoms with Crippen LogP contribution in [0.4, 0.5) is 5.69 Å². The Hall–Kier alpha value is -2.34. The van der Waals surface area contributed by atoms with E-state index in [9.17, 15) is 4.79 Å². The Kier molecular flexibility index (Phi) is 4.59. The largest absolute Gasteiger partial charge is 0.409 e. The van der Waals surface area contributed by atoms with E-state index >= 15 is 0 Å². The van der Waals surface area contributed by atoms with Gasteiger partial charge in [-0.1, -0.05) is 38.8 Å². The van der Waals surface area contributed by atoms with Crippen molar-refractivity contribution in [2.45, 2.75) is 6.92 Å². The highest BCUT2D eigenvalue weighted by molar-refractivity contribution is 9.10. The Labute approximate surface area is 130 Å². The molecule has 0 saturated heterocycles. The maximum atomic E-state index is 12.2. The van der Waals surface area contributed by atoms with Crippen LogP contribution in [0.1, 0.15) is 21.5 Å². The van der Waals surface area contributed by atoms with Gasteiger partial charge < -0.3 is 16.3 Å². The lowest BCUT2D eigenvalue weighted by molar-refractivity contribution is 0.102. The Bertz CT molecular complexity index is 697. The van der Waals surface area contributed by atoms with Crippen molar-refractivity contribution in [1.29, 1.82) is 0 Å². The molecule has 0 bridgehead atoms. The predicted octanol–water partition coefficient (Wildman–Crippen LogP) is 3.10. The molecule has 5 nitrogen and oxygen atoms in total. The molecule has 0 aromatic heterocycles. The molecule has 2 rings (SSSR count). The van der Waals surface area contributed by atoms with Crippen LogP contribution >= 0.6 is 15.9 Å². The number of carbonyl (C=O) groups is 1. The summed E-state index contributed by atoms with van der Waals surface area (Å²) in [6, 6.07) is 12.3. The Balaban J connectivity index is 2.32. The zero-order chi connectivity index (χ0) is 15.4. The number of amides is 1. The number of hydrogen-bond acceptors (Lipinski definition) is 3. The lowest BCUT2D eigenvalue weighted by Gasteiger charge is -2.11. The van der Waals surface area contributed by atoms with Crippen molar-refractivity contribution in [3.8, 4) is 0 Å². The van der Waals surface area contributed by atoms with Gasteiger partial charge in [-0.3, -0.25) is 4.79 Å². The lowest BCUT2D eigenvalue weighted by Crippen LogP contribution is -2.19. The molecule has 6 heteroatoms. The van der Waals surface area contributed by atoms with Gasteiger partial charge in [-0.25, -0.2) is 0 Å². The second kappa shape index (κ2) is 6.41. The number of amidine groups is 1. The first-order valence-corrected chi connectivity index (χ1v) is 6.96. The number of anilines is 1. The summed E-state index contributed by atoms with van der Waals surface area (Å²) in [7, 11) is 0. The summed E-state index contributed by atoms with van der Waals surface area (Å²) < 4.78 is 0.774. The van der Waals surface area contributed by atoms with Crippen LogP contribution < -0.4 is 11.1 Å². The number of halogens is 1. The average Bonchev–Trinajstić information content (AvgIpc) is 2.47. The van der Waals surface area contributed by atoms with E-state index in [2.05, 4.69) is 26.4 Å². The lowest BCUT2D eigenvalue weighted by atomic mass is 10.1. The first kappa shape index (κ1) is 15.1. The molecule has 1 amide bonds. The summed E-state index contributed by atoms with van der Waals surface area (Å²) in [5.41, 5.74) is 8.13. The molecule has 0 aliphatic rings. The number of benzene rings is 2. The van der Waals surface area contributed by atoms with Crippen molar-refractivity contribution in [1.82, 2.24) is 0 Å². The molecular formula is C15H14BrN3O2. The second-order valence-electron chi connectivity index (χ2n) is 4.50. The monoisotopic (exact) mass is 347 g/mol. The standard InChI is InChI=1S/C15H14BrN3O2/c1-9-2-4-10(5-3-9)15(20)18-13-8-11(16)6-7-12(13)14(17)19-21/h2-8,21H,1H3,(H2,17,19)(H,18,20). The smallest absolute Gasteiger partial charge is 0.255 e. The first-order chi connectivity index (χ1) is 10.0. The highest BCUT2D eigenvalue weighted by atomic mass is 79.9. The molecule has 0 heterocycles. The van der Waals surface area contributed by atoms with Crippen LogP contribution in [-0.2, 0) is 0 Å². The molecule has 0 radical (unpaired) electrons. The van der Waals surface area contributed by atoms with Crippen molar-refractivity contribution in [2.24, 2.45) is 10.9 Å². The fourth-order valence-electron chi connectivity index (χ4n) is 1.80. The van der Waals surface area contributed by atoms with E-state index in [1.165, 1.54) is 0 Å². The third-order valence-electron chi connectivity index (χ3n) is 2.93. The summed E-state index contributed by atoms with van der Waals surface area (Å²) in [6.45, 7) is 1.95. The van der Waals surface area contributed by atoms with Crippen LogP contribution in [0.3, 0.4) is 0 Å². The molecule has 0 unspecified atom stereocenters. The molecule has 0 fully saturated rings. The van der Waals surface area contributed by atoms with Crippen molar-refractivity contribution in [3.05, 3.63) is 63.6 Å². The third kappa shape index (κ3) is 3.61. The van der Waals surface area contributed by atoms with Crippen molar-refractivity contribution >= 4 is 33.4 Å². The minimum absolute atomic E-state index is 0.0679. The molecule has 0 aliphatic heterocycles. The summed E-state index contributed by atoms with van der Waals surface area (Å²) >= 11 is 3.33. The van der Waals surface area contributed by atoms with Crippen LogP contribution in [0.25, 0.3) is 0 Å². The topological polar surface area (TPSA) is 87.7 Å². The fourth-order valence-corrected chi connectivity index (χ4v) is 2.16. The summed E-state index contributed by atoms with van der Waals surface area (Å²) in [4.78, 5) is 12.2. The molecular weight excluding hydrogens is 334 g/mol. The molecule has 2 aromatic carbocycles. The molecule has 2 aromatic rings. The van der Waals surface area contributed by atoms with E-state index in [0.29, 0.717) is 16.8 Å². The number of rotatable bonds is 3. The van der Waals surface area contributed by atoms with Gasteiger partial charge in [0.2, 0.25) is 0 Å². The molecule has 21 heavy (non-hydrogen) atoms. The van der Waals surface area contributed by atoms with Crippen LogP contribution in [0.2, 0.25) is 0 Å². The quantitative estimate of drug-likeness (QED) is 0.345. The number of nitrogens with two attached hydrogens (primary N) is 1. The highest BCUT2D eigenvalue weighted by Crippen LogP contribution is 2.22. The molecule has 0 spiro atoms. The minimum atomic E-state index is -0.264. The van der Waals surface area contributed by atoms with Gasteiger partial charge in [0.1, 0.15) is 0 Å². The Morgan fingerprint density at radius 1 is 1.24 bits per heavy atom. The van der Waals surface area contributed by atoms with Gasteiger partial charge >= 0.3 is 0 Å². The van der Waals surface area contributed by atoms with Crippen molar-refractivity contribution < 1.29 is 10.0 Å². The second-order valence-corrected chi connectivity index (χ2v) is 5.41. The predicted molar refractivity (Wildman–Crippen MR) is 85.8 cm³/mol. The SMILES string of the molecule is Cc1ccc(C(=O)Nc2cc(Br)ccc2/C(N)=N/O)cc1. The average molecular weight is 348 g/mol. The fraction of sp³-hybridized carbons (Fsp3) is 0.0667. The van der Waals surface area contributed by atoms with Gasteiger partial charge in [-0.2, -0.15) is 0 Å². The number of aryl methyl sites for hydroxylation is 1. The van der Waals surface area contributed by atoms with Gasteiger partial charge in [0.15, 0.2) is 5.84 Å². The third-order valence-corrected chi connectivity index (χ3v) is 3.42. The first-order valence-electron chi connectivity index (χ1n) is 6.16. The maximum Gasteiger partial charge on any atom is 0.255 e. The number of oxime groups is 1. The van der Waals surface area contributed by atoms with E-state index in [1.54, 1.807) is 30.3 Å². The summed E-state index contributed by atoms with van der Waals surface area (Å²) in [6.07, 6.45) is 0.